The van der Waals surface area contributed by atoms with Crippen LogP contribution >= 0.6 is 19.2 Å². The van der Waals surface area contributed by atoms with Gasteiger partial charge in [0.15, 0.2) is 10.8 Å². The maximum Gasteiger partial charge on any atom is 0.356 e. The van der Waals surface area contributed by atoms with Crippen LogP contribution in [-0.4, -0.2) is 43.7 Å². The molecule has 0 saturated heterocycles. The van der Waals surface area contributed by atoms with Crippen LogP contribution in [0.4, 0.5) is 5.95 Å². The second kappa shape index (κ2) is 8.47. The molecule has 0 aliphatic heterocycles. The lowest BCUT2D eigenvalue weighted by Crippen LogP contribution is -2.26. The van der Waals surface area contributed by atoms with Gasteiger partial charge < -0.3 is 24.1 Å². The topological polar surface area (TPSA) is 114 Å². The molecule has 0 amide bonds. The van der Waals surface area contributed by atoms with E-state index in [1.807, 2.05) is 32.3 Å². The predicted octanol–water partition coefficient (Wildman–Crippen LogP) is 4.25. The average molecular weight is 446 g/mol. The van der Waals surface area contributed by atoms with E-state index in [1.165, 1.54) is 0 Å². The number of nitrogen functional groups attached to an aromatic ring is 1. The number of imidazole rings is 1. The number of hydrogen-bond acceptors (Lipinski definition) is 8. The molecule has 2 atom stereocenters. The number of anilines is 1. The van der Waals surface area contributed by atoms with Crippen molar-refractivity contribution in [1.82, 2.24) is 19.5 Å². The Morgan fingerprint density at radius 3 is 2.52 bits per heavy atom. The fourth-order valence-corrected chi connectivity index (χ4v) is 5.65. The summed E-state index contributed by atoms with van der Waals surface area (Å²) >= 11 is 6.13. The van der Waals surface area contributed by atoms with E-state index < -0.39 is 13.2 Å². The van der Waals surface area contributed by atoms with E-state index >= 15 is 0 Å². The molecule has 2 aromatic rings. The van der Waals surface area contributed by atoms with Crippen LogP contribution in [0.25, 0.3) is 11.2 Å². The number of ether oxygens (including phenoxy) is 1. The molecule has 2 N–H and O–H groups in total. The van der Waals surface area contributed by atoms with E-state index in [1.54, 1.807) is 6.33 Å². The van der Waals surface area contributed by atoms with Gasteiger partial charge in [-0.1, -0.05) is 24.9 Å². The molecule has 0 bridgehead atoms. The first-order valence-corrected chi connectivity index (χ1v) is 11.9. The van der Waals surface area contributed by atoms with Crippen molar-refractivity contribution in [2.24, 2.45) is 5.92 Å². The van der Waals surface area contributed by atoms with Crippen LogP contribution < -0.4 is 5.73 Å². The average Bonchev–Trinajstić information content (AvgIpc) is 3.15. The van der Waals surface area contributed by atoms with Crippen LogP contribution in [-0.2, 0) is 24.9 Å². The molecule has 1 saturated carbocycles. The summed E-state index contributed by atoms with van der Waals surface area (Å²) < 4.78 is 32.5. The van der Waals surface area contributed by atoms with Gasteiger partial charge in [-0.05, 0) is 40.0 Å². The van der Waals surface area contributed by atoms with Crippen LogP contribution in [0.1, 0.15) is 47.5 Å². The van der Waals surface area contributed by atoms with Gasteiger partial charge in [-0.2, -0.15) is 9.97 Å². The van der Waals surface area contributed by atoms with Gasteiger partial charge in [0.25, 0.3) is 0 Å². The first-order valence-electron chi connectivity index (χ1n) is 9.81. The molecule has 9 nitrogen and oxygen atoms in total. The Balaban J connectivity index is 1.81. The van der Waals surface area contributed by atoms with Gasteiger partial charge in [-0.3, -0.25) is 4.57 Å². The van der Waals surface area contributed by atoms with Crippen molar-refractivity contribution in [2.75, 3.05) is 12.1 Å². The molecule has 29 heavy (non-hydrogen) atoms. The van der Waals surface area contributed by atoms with Crippen LogP contribution in [0.15, 0.2) is 6.33 Å². The normalized spacial score (nSPS) is 22.1. The van der Waals surface area contributed by atoms with E-state index in [0.717, 1.165) is 12.8 Å². The predicted molar refractivity (Wildman–Crippen MR) is 112 cm³/mol. The van der Waals surface area contributed by atoms with Gasteiger partial charge in [-0.15, -0.1) is 0 Å². The molecular formula is C18H29ClN5O4P. The number of rotatable bonds is 10. The molecule has 1 aliphatic carbocycles. The highest BCUT2D eigenvalue weighted by Crippen LogP contribution is 2.56. The number of nitrogens with zero attached hydrogens (tertiary/aromatic N) is 4. The summed E-state index contributed by atoms with van der Waals surface area (Å²) in [7, 11) is -3.39. The monoisotopic (exact) mass is 445 g/mol. The zero-order chi connectivity index (χ0) is 21.4. The number of aromatic nitrogens is 4. The zero-order valence-electron chi connectivity index (χ0n) is 17.5. The fourth-order valence-electron chi connectivity index (χ4n) is 3.56. The van der Waals surface area contributed by atoms with Gasteiger partial charge in [-0.25, -0.2) is 4.98 Å². The van der Waals surface area contributed by atoms with Crippen LogP contribution in [0, 0.1) is 5.92 Å². The Morgan fingerprint density at radius 2 is 1.97 bits per heavy atom. The molecule has 0 spiro atoms. The quantitative estimate of drug-likeness (QED) is 0.426. The number of halogens is 1. The Morgan fingerprint density at radius 1 is 1.31 bits per heavy atom. The van der Waals surface area contributed by atoms with Crippen molar-refractivity contribution in [1.29, 1.82) is 0 Å². The minimum atomic E-state index is -3.39. The van der Waals surface area contributed by atoms with E-state index in [2.05, 4.69) is 21.9 Å². The van der Waals surface area contributed by atoms with Gasteiger partial charge in [0.1, 0.15) is 11.9 Å². The minimum absolute atomic E-state index is 0.0854. The maximum absolute atomic E-state index is 13.2. The minimum Gasteiger partial charge on any atom is -0.368 e. The summed E-state index contributed by atoms with van der Waals surface area (Å²) in [6.07, 6.45) is 2.84. The second-order valence-electron chi connectivity index (χ2n) is 7.98. The molecule has 0 unspecified atom stereocenters. The molecule has 11 heteroatoms. The van der Waals surface area contributed by atoms with Crippen molar-refractivity contribution in [3.8, 4) is 0 Å². The van der Waals surface area contributed by atoms with Gasteiger partial charge in [0.05, 0.1) is 30.7 Å². The summed E-state index contributed by atoms with van der Waals surface area (Å²) in [6, 6.07) is 0. The molecule has 3 rings (SSSR count). The Kier molecular flexibility index (Phi) is 6.56. The molecule has 2 aromatic heterocycles. The lowest BCUT2D eigenvalue weighted by atomic mass is 10.2. The Labute approximate surface area is 175 Å². The standard InChI is InChI=1S/C18H29ClN5O4P/c1-6-13-7-18(13,26-10-29(25,27-11(2)3)28-12(4)5)8-24-9-21-14-15(19)22-17(20)23-16(14)24/h9,11-13H,6-8,10H2,1-5H3,(H2,20,22,23)/t13-,18+/m1/s1. The van der Waals surface area contributed by atoms with Crippen LogP contribution in [0.3, 0.4) is 0 Å². The third kappa shape index (κ3) is 5.09. The molecule has 162 valence electrons. The molecular weight excluding hydrogens is 417 g/mol. The third-order valence-corrected chi connectivity index (χ3v) is 6.99. The first kappa shape index (κ1) is 22.4. The highest BCUT2D eigenvalue weighted by Gasteiger charge is 2.56. The second-order valence-corrected chi connectivity index (χ2v) is 10.2. The fraction of sp³-hybridized carbons (Fsp3) is 0.722. The number of hydrogen-bond donors (Lipinski definition) is 1. The van der Waals surface area contributed by atoms with Crippen molar-refractivity contribution in [2.45, 2.75) is 71.8 Å². The summed E-state index contributed by atoms with van der Waals surface area (Å²) in [5.74, 6) is 0.406. The van der Waals surface area contributed by atoms with Crippen molar-refractivity contribution in [3.05, 3.63) is 11.5 Å². The van der Waals surface area contributed by atoms with E-state index in [-0.39, 0.29) is 29.7 Å². The summed E-state index contributed by atoms with van der Waals surface area (Å²) in [5, 5.41) is 0.212. The third-order valence-electron chi connectivity index (χ3n) is 4.80. The maximum atomic E-state index is 13.2. The van der Waals surface area contributed by atoms with E-state index in [9.17, 15) is 4.57 Å². The zero-order valence-corrected chi connectivity index (χ0v) is 19.1. The van der Waals surface area contributed by atoms with Crippen LogP contribution in [0.2, 0.25) is 5.15 Å². The van der Waals surface area contributed by atoms with Gasteiger partial charge >= 0.3 is 7.60 Å². The Hall–Kier alpha value is -1.25. The number of nitrogens with two attached hydrogens (primary N) is 1. The summed E-state index contributed by atoms with van der Waals surface area (Å²) in [4.78, 5) is 12.5. The van der Waals surface area contributed by atoms with Crippen molar-refractivity contribution < 1.29 is 18.3 Å². The number of fused-ring (bicyclic) bond motifs is 1. The molecule has 1 aliphatic rings. The van der Waals surface area contributed by atoms with Crippen molar-refractivity contribution in [3.63, 3.8) is 0 Å². The van der Waals surface area contributed by atoms with Gasteiger partial charge in [0, 0.05) is 0 Å². The van der Waals surface area contributed by atoms with E-state index in [0.29, 0.717) is 23.6 Å². The summed E-state index contributed by atoms with van der Waals surface area (Å²) in [5.41, 5.74) is 6.29. The van der Waals surface area contributed by atoms with Crippen LogP contribution in [0.5, 0.6) is 0 Å². The molecule has 1 fully saturated rings. The Bertz CT molecular complexity index is 907. The lowest BCUT2D eigenvalue weighted by Gasteiger charge is -2.26. The van der Waals surface area contributed by atoms with Gasteiger partial charge in [0.2, 0.25) is 5.95 Å². The largest absolute Gasteiger partial charge is 0.368 e. The first-order chi connectivity index (χ1) is 13.6. The smallest absolute Gasteiger partial charge is 0.356 e. The SMILES string of the molecule is CC[C@@H]1C[C@@]1(Cn1cnc2c(Cl)nc(N)nc21)OCP(=O)(OC(C)C)OC(C)C. The molecule has 0 aromatic carbocycles. The highest BCUT2D eigenvalue weighted by molar-refractivity contribution is 7.53. The van der Waals surface area contributed by atoms with Crippen molar-refractivity contribution >= 4 is 36.3 Å². The highest BCUT2D eigenvalue weighted by atomic mass is 35.5. The summed E-state index contributed by atoms with van der Waals surface area (Å²) in [6.45, 7) is 9.88. The van der Waals surface area contributed by atoms with E-state index in [4.69, 9.17) is 31.1 Å². The lowest BCUT2D eigenvalue weighted by molar-refractivity contribution is 0.0164. The molecule has 0 radical (unpaired) electrons. The molecule has 2 heterocycles.